The van der Waals surface area contributed by atoms with Crippen molar-refractivity contribution in [3.63, 3.8) is 0 Å². The summed E-state index contributed by atoms with van der Waals surface area (Å²) in [5, 5.41) is 13.6. The van der Waals surface area contributed by atoms with Crippen LogP contribution in [0.2, 0.25) is 0 Å². The van der Waals surface area contributed by atoms with Gasteiger partial charge in [-0.15, -0.1) is 4.91 Å². The summed E-state index contributed by atoms with van der Waals surface area (Å²) < 4.78 is 8.41. The highest BCUT2D eigenvalue weighted by atomic mass is 32.2. The van der Waals surface area contributed by atoms with Crippen LogP contribution in [-0.4, -0.2) is 34.4 Å². The van der Waals surface area contributed by atoms with Crippen molar-refractivity contribution < 1.29 is 19.4 Å². The Morgan fingerprint density at radius 3 is 2.71 bits per heavy atom. The van der Waals surface area contributed by atoms with Crippen LogP contribution in [0.1, 0.15) is 107 Å². The summed E-state index contributed by atoms with van der Waals surface area (Å²) in [5.74, 6) is 1.96. The van der Waals surface area contributed by atoms with E-state index in [9.17, 15) is 19.6 Å². The smallest absolute Gasteiger partial charge is 0.311 e. The van der Waals surface area contributed by atoms with Gasteiger partial charge in [-0.3, -0.25) is 9.59 Å². The monoisotopic (exact) mass is 542 g/mol. The SMILES string of the molecule is C[C@]12CC[C@@H]3c4ccc(OC(=O)CCCC(=O)NCC5(SN=O)CCCCC5)cc4CC[C@H]3[C@@H]1CC[C@@H]2O. The quantitative estimate of drug-likeness (QED) is 0.166. The summed E-state index contributed by atoms with van der Waals surface area (Å²) >= 11 is 1.06. The van der Waals surface area contributed by atoms with Gasteiger partial charge < -0.3 is 15.2 Å². The number of rotatable bonds is 9. The fourth-order valence-electron chi connectivity index (χ4n) is 8.09. The number of carbonyl (C=O) groups is 2. The van der Waals surface area contributed by atoms with Gasteiger partial charge in [-0.05, 0) is 104 Å². The predicted octanol–water partition coefficient (Wildman–Crippen LogP) is 6.21. The lowest BCUT2D eigenvalue weighted by atomic mass is 9.55. The Morgan fingerprint density at radius 1 is 1.11 bits per heavy atom. The van der Waals surface area contributed by atoms with E-state index in [0.29, 0.717) is 36.5 Å². The molecule has 1 amide bonds. The number of ether oxygens (including phenoxy) is 1. The molecular formula is C30H42N2O5S. The Bertz CT molecular complexity index is 1040. The van der Waals surface area contributed by atoms with Crippen molar-refractivity contribution in [2.45, 2.75) is 114 Å². The molecule has 38 heavy (non-hydrogen) atoms. The van der Waals surface area contributed by atoms with Gasteiger partial charge >= 0.3 is 5.97 Å². The molecule has 0 spiro atoms. The second-order valence-corrected chi connectivity index (χ2v) is 13.6. The third kappa shape index (κ3) is 5.67. The number of aliphatic hydroxyl groups excluding tert-OH is 1. The molecule has 7 nitrogen and oxygen atoms in total. The van der Waals surface area contributed by atoms with Gasteiger partial charge in [-0.2, -0.15) is 0 Å². The second-order valence-electron chi connectivity index (χ2n) is 12.4. The van der Waals surface area contributed by atoms with Crippen LogP contribution in [0.3, 0.4) is 0 Å². The van der Waals surface area contributed by atoms with E-state index < -0.39 is 0 Å². The molecule has 4 aliphatic rings. The van der Waals surface area contributed by atoms with E-state index >= 15 is 0 Å². The van der Waals surface area contributed by atoms with E-state index in [1.807, 2.05) is 12.1 Å². The number of hydrogen-bond acceptors (Lipinski definition) is 7. The van der Waals surface area contributed by atoms with E-state index in [1.54, 1.807) is 0 Å². The van der Waals surface area contributed by atoms with Gasteiger partial charge in [0.1, 0.15) is 5.75 Å². The van der Waals surface area contributed by atoms with Crippen LogP contribution in [0.25, 0.3) is 0 Å². The normalized spacial score (nSPS) is 31.4. The van der Waals surface area contributed by atoms with Gasteiger partial charge in [0.2, 0.25) is 5.91 Å². The van der Waals surface area contributed by atoms with Gasteiger partial charge in [0, 0.05) is 35.9 Å². The topological polar surface area (TPSA) is 105 Å². The molecule has 0 aromatic heterocycles. The number of amides is 1. The van der Waals surface area contributed by atoms with Gasteiger partial charge in [0.05, 0.1) is 10.9 Å². The van der Waals surface area contributed by atoms with Gasteiger partial charge in [0.25, 0.3) is 0 Å². The molecule has 0 aliphatic heterocycles. The van der Waals surface area contributed by atoms with Crippen molar-refractivity contribution in [3.8, 4) is 5.75 Å². The molecule has 5 rings (SSSR count). The predicted molar refractivity (Wildman–Crippen MR) is 149 cm³/mol. The molecule has 0 heterocycles. The summed E-state index contributed by atoms with van der Waals surface area (Å²) in [6, 6.07) is 6.12. The number of nitroso groups, excluding NO2 is 1. The Balaban J connectivity index is 1.08. The zero-order valence-electron chi connectivity index (χ0n) is 22.6. The van der Waals surface area contributed by atoms with E-state index in [1.165, 1.54) is 11.1 Å². The highest BCUT2D eigenvalue weighted by Crippen LogP contribution is 2.61. The molecule has 0 radical (unpaired) electrons. The highest BCUT2D eigenvalue weighted by Gasteiger charge is 2.54. The fraction of sp³-hybridized carbons (Fsp3) is 0.733. The third-order valence-electron chi connectivity index (χ3n) is 10.3. The van der Waals surface area contributed by atoms with Crippen molar-refractivity contribution in [2.24, 2.45) is 21.8 Å². The first kappa shape index (κ1) is 27.6. The first-order chi connectivity index (χ1) is 18.3. The molecule has 208 valence electrons. The van der Waals surface area contributed by atoms with E-state index in [0.717, 1.165) is 82.6 Å². The zero-order chi connectivity index (χ0) is 26.8. The lowest BCUT2D eigenvalue weighted by molar-refractivity contribution is -0.134. The van der Waals surface area contributed by atoms with Crippen molar-refractivity contribution >= 4 is 23.8 Å². The molecule has 3 fully saturated rings. The first-order valence-corrected chi connectivity index (χ1v) is 15.4. The number of fused-ring (bicyclic) bond motifs is 5. The number of hydrogen-bond donors (Lipinski definition) is 2. The minimum absolute atomic E-state index is 0.0774. The van der Waals surface area contributed by atoms with Crippen LogP contribution in [0.5, 0.6) is 5.75 Å². The van der Waals surface area contributed by atoms with Crippen molar-refractivity contribution in [1.29, 1.82) is 0 Å². The summed E-state index contributed by atoms with van der Waals surface area (Å²) in [4.78, 5) is 35.7. The second kappa shape index (κ2) is 11.7. The number of esters is 1. The maximum Gasteiger partial charge on any atom is 0.311 e. The molecule has 0 saturated heterocycles. The molecule has 8 heteroatoms. The summed E-state index contributed by atoms with van der Waals surface area (Å²) in [6.45, 7) is 2.75. The number of nitrogens with one attached hydrogen (secondary N) is 1. The minimum atomic E-state index is -0.315. The molecule has 0 bridgehead atoms. The molecule has 1 aromatic carbocycles. The van der Waals surface area contributed by atoms with Crippen LogP contribution < -0.4 is 10.1 Å². The van der Waals surface area contributed by atoms with Gasteiger partial charge in [0.15, 0.2) is 0 Å². The maximum atomic E-state index is 12.5. The number of aryl methyl sites for hydroxylation is 1. The Labute approximate surface area is 230 Å². The first-order valence-electron chi connectivity index (χ1n) is 14.6. The van der Waals surface area contributed by atoms with E-state index in [2.05, 4.69) is 22.9 Å². The largest absolute Gasteiger partial charge is 0.427 e. The van der Waals surface area contributed by atoms with E-state index in [-0.39, 0.29) is 41.0 Å². The van der Waals surface area contributed by atoms with Crippen molar-refractivity contribution in [3.05, 3.63) is 34.2 Å². The van der Waals surface area contributed by atoms with Crippen LogP contribution in [0, 0.1) is 22.2 Å². The number of carbonyl (C=O) groups excluding carboxylic acids is 2. The summed E-state index contributed by atoms with van der Waals surface area (Å²) in [5.41, 5.74) is 2.77. The van der Waals surface area contributed by atoms with Crippen molar-refractivity contribution in [2.75, 3.05) is 6.54 Å². The Kier molecular flexibility index (Phi) is 8.48. The molecule has 1 aromatic rings. The molecular weight excluding hydrogens is 500 g/mol. The molecule has 5 atom stereocenters. The fourth-order valence-corrected chi connectivity index (χ4v) is 8.86. The number of nitrogens with zero attached hydrogens (tertiary/aromatic N) is 1. The third-order valence-corrected chi connectivity index (χ3v) is 11.3. The average Bonchev–Trinajstić information content (AvgIpc) is 3.22. The van der Waals surface area contributed by atoms with Crippen LogP contribution in [-0.2, 0) is 16.0 Å². The minimum Gasteiger partial charge on any atom is -0.427 e. The van der Waals surface area contributed by atoms with E-state index in [4.69, 9.17) is 4.74 Å². The summed E-state index contributed by atoms with van der Waals surface area (Å²) in [7, 11) is 0. The van der Waals surface area contributed by atoms with Gasteiger partial charge in [-0.1, -0.05) is 32.3 Å². The zero-order valence-corrected chi connectivity index (χ0v) is 23.4. The van der Waals surface area contributed by atoms with Crippen molar-refractivity contribution in [1.82, 2.24) is 5.32 Å². The molecule has 0 unspecified atom stereocenters. The number of benzene rings is 1. The Morgan fingerprint density at radius 2 is 1.92 bits per heavy atom. The average molecular weight is 543 g/mol. The standard InChI is InChI=1S/C30H42N2O5S/c1-29-17-14-23-22-11-9-21(18-20(22)8-10-24(23)25(29)12-13-26(29)33)37-28(35)7-5-6-27(34)31-19-30(38-32-36)15-3-2-4-16-30/h9,11,18,23-26,33H,2-8,10,12-17,19H2,1H3,(H,31,34)/t23-,24-,25+,26+,29+/m1/s1. The lowest BCUT2D eigenvalue weighted by Gasteiger charge is -2.50. The van der Waals surface area contributed by atoms with Crippen LogP contribution >= 0.6 is 11.9 Å². The lowest BCUT2D eigenvalue weighted by Crippen LogP contribution is -2.43. The number of aliphatic hydroxyl groups is 1. The molecule has 2 N–H and O–H groups in total. The maximum absolute atomic E-state index is 12.5. The van der Waals surface area contributed by atoms with Gasteiger partial charge in [-0.25, -0.2) is 0 Å². The van der Waals surface area contributed by atoms with Crippen LogP contribution in [0.15, 0.2) is 22.8 Å². The highest BCUT2D eigenvalue weighted by molar-refractivity contribution is 7.99. The molecule has 4 aliphatic carbocycles. The summed E-state index contributed by atoms with van der Waals surface area (Å²) in [6.07, 6.45) is 12.2. The molecule has 3 saturated carbocycles. The Hall–Kier alpha value is -1.93. The van der Waals surface area contributed by atoms with Crippen LogP contribution in [0.4, 0.5) is 0 Å².